The van der Waals surface area contributed by atoms with Crippen LogP contribution in [0, 0.1) is 0 Å². The van der Waals surface area contributed by atoms with Crippen molar-refractivity contribution in [3.8, 4) is 0 Å². The topological polar surface area (TPSA) is 75.4 Å². The Hall–Kier alpha value is -2.06. The SMILES string of the molecule is O=C(O)CCC(=O)N1CCCn2nc(C(F)(F)F)cc21. The van der Waals surface area contributed by atoms with E-state index in [-0.39, 0.29) is 25.2 Å². The van der Waals surface area contributed by atoms with Crippen LogP contribution in [0.5, 0.6) is 0 Å². The van der Waals surface area contributed by atoms with E-state index >= 15 is 0 Å². The number of carboxylic acid groups (broad SMARTS) is 1. The number of anilines is 1. The van der Waals surface area contributed by atoms with Crippen molar-refractivity contribution >= 4 is 17.7 Å². The van der Waals surface area contributed by atoms with Gasteiger partial charge < -0.3 is 5.11 Å². The summed E-state index contributed by atoms with van der Waals surface area (Å²) in [5.74, 6) is -1.57. The van der Waals surface area contributed by atoms with Crippen molar-refractivity contribution in [1.82, 2.24) is 9.78 Å². The van der Waals surface area contributed by atoms with E-state index in [0.717, 1.165) is 15.6 Å². The van der Waals surface area contributed by atoms with Gasteiger partial charge in [0.25, 0.3) is 0 Å². The first-order valence-electron chi connectivity index (χ1n) is 5.96. The molecule has 0 saturated heterocycles. The number of fused-ring (bicyclic) bond motifs is 1. The fourth-order valence-electron chi connectivity index (χ4n) is 2.02. The highest BCUT2D eigenvalue weighted by atomic mass is 19.4. The summed E-state index contributed by atoms with van der Waals surface area (Å²) in [7, 11) is 0. The molecule has 20 heavy (non-hydrogen) atoms. The van der Waals surface area contributed by atoms with Crippen molar-refractivity contribution in [2.24, 2.45) is 0 Å². The molecule has 0 radical (unpaired) electrons. The Labute approximate surface area is 111 Å². The highest BCUT2D eigenvalue weighted by Gasteiger charge is 2.37. The number of carbonyl (C=O) groups is 2. The average molecular weight is 291 g/mol. The molecule has 0 fully saturated rings. The number of carboxylic acids is 1. The third-order valence-corrected chi connectivity index (χ3v) is 2.93. The van der Waals surface area contributed by atoms with Crippen LogP contribution in [-0.2, 0) is 22.3 Å². The first-order chi connectivity index (χ1) is 9.29. The molecule has 0 spiro atoms. The van der Waals surface area contributed by atoms with Crippen LogP contribution in [0.2, 0.25) is 0 Å². The van der Waals surface area contributed by atoms with Crippen molar-refractivity contribution in [3.05, 3.63) is 11.8 Å². The van der Waals surface area contributed by atoms with Crippen LogP contribution in [0.15, 0.2) is 6.07 Å². The standard InChI is InChI=1S/C11H12F3N3O3/c12-11(13,14)7-6-8-16(4-1-5-17(8)15-7)9(18)2-3-10(19)20/h6H,1-5H2,(H,19,20). The molecule has 0 bridgehead atoms. The number of nitrogens with zero attached hydrogens (tertiary/aromatic N) is 3. The van der Waals surface area contributed by atoms with Crippen molar-refractivity contribution in [1.29, 1.82) is 0 Å². The number of hydrogen-bond acceptors (Lipinski definition) is 3. The third-order valence-electron chi connectivity index (χ3n) is 2.93. The molecule has 1 N–H and O–H groups in total. The Morgan fingerprint density at radius 1 is 1.30 bits per heavy atom. The van der Waals surface area contributed by atoms with Crippen molar-refractivity contribution in [2.45, 2.75) is 32.0 Å². The second kappa shape index (κ2) is 5.14. The zero-order valence-electron chi connectivity index (χ0n) is 10.4. The van der Waals surface area contributed by atoms with Gasteiger partial charge in [0, 0.05) is 25.6 Å². The van der Waals surface area contributed by atoms with E-state index in [1.807, 2.05) is 0 Å². The molecule has 2 heterocycles. The second-order valence-corrected chi connectivity index (χ2v) is 4.40. The van der Waals surface area contributed by atoms with E-state index < -0.39 is 23.7 Å². The lowest BCUT2D eigenvalue weighted by atomic mass is 10.2. The first-order valence-corrected chi connectivity index (χ1v) is 5.96. The summed E-state index contributed by atoms with van der Waals surface area (Å²) in [4.78, 5) is 23.5. The molecule has 1 aliphatic rings. The average Bonchev–Trinajstić information content (AvgIpc) is 2.79. The van der Waals surface area contributed by atoms with Gasteiger partial charge in [-0.15, -0.1) is 0 Å². The Morgan fingerprint density at radius 3 is 2.60 bits per heavy atom. The van der Waals surface area contributed by atoms with Gasteiger partial charge in [-0.25, -0.2) is 4.68 Å². The van der Waals surface area contributed by atoms with Gasteiger partial charge in [0.2, 0.25) is 5.91 Å². The fraction of sp³-hybridized carbons (Fsp3) is 0.545. The molecule has 0 aliphatic carbocycles. The van der Waals surface area contributed by atoms with Gasteiger partial charge in [0.15, 0.2) is 5.69 Å². The van der Waals surface area contributed by atoms with Crippen LogP contribution in [0.4, 0.5) is 19.0 Å². The van der Waals surface area contributed by atoms with Crippen molar-refractivity contribution in [2.75, 3.05) is 11.4 Å². The summed E-state index contributed by atoms with van der Waals surface area (Å²) in [5, 5.41) is 12.0. The molecule has 1 aromatic heterocycles. The molecule has 6 nitrogen and oxygen atoms in total. The van der Waals surface area contributed by atoms with Gasteiger partial charge in [-0.3, -0.25) is 14.5 Å². The lowest BCUT2D eigenvalue weighted by Crippen LogP contribution is -2.37. The van der Waals surface area contributed by atoms with Gasteiger partial charge in [0.1, 0.15) is 5.82 Å². The van der Waals surface area contributed by atoms with E-state index in [9.17, 15) is 22.8 Å². The monoisotopic (exact) mass is 291 g/mol. The number of halogens is 3. The minimum Gasteiger partial charge on any atom is -0.481 e. The smallest absolute Gasteiger partial charge is 0.435 e. The summed E-state index contributed by atoms with van der Waals surface area (Å²) in [5.41, 5.74) is -1.05. The van der Waals surface area contributed by atoms with E-state index in [0.29, 0.717) is 13.0 Å². The highest BCUT2D eigenvalue weighted by Crippen LogP contribution is 2.32. The molecule has 0 atom stereocenters. The fourth-order valence-corrected chi connectivity index (χ4v) is 2.02. The largest absolute Gasteiger partial charge is 0.481 e. The van der Waals surface area contributed by atoms with Crippen LogP contribution in [0.1, 0.15) is 25.0 Å². The predicted octanol–water partition coefficient (Wildman–Crippen LogP) is 1.50. The quantitative estimate of drug-likeness (QED) is 0.915. The van der Waals surface area contributed by atoms with Gasteiger partial charge in [-0.1, -0.05) is 0 Å². The number of rotatable bonds is 3. The number of alkyl halides is 3. The summed E-state index contributed by atoms with van der Waals surface area (Å²) >= 11 is 0. The maximum absolute atomic E-state index is 12.6. The minimum absolute atomic E-state index is 0.0685. The highest BCUT2D eigenvalue weighted by molar-refractivity contribution is 5.94. The zero-order chi connectivity index (χ0) is 14.9. The first kappa shape index (κ1) is 14.4. The number of aromatic nitrogens is 2. The van der Waals surface area contributed by atoms with Crippen LogP contribution < -0.4 is 4.90 Å². The molecule has 1 amide bonds. The van der Waals surface area contributed by atoms with Gasteiger partial charge >= 0.3 is 12.1 Å². The second-order valence-electron chi connectivity index (χ2n) is 4.40. The summed E-state index contributed by atoms with van der Waals surface area (Å²) in [6.45, 7) is 0.565. The Morgan fingerprint density at radius 2 is 2.00 bits per heavy atom. The van der Waals surface area contributed by atoms with E-state index in [1.54, 1.807) is 0 Å². The third kappa shape index (κ3) is 2.91. The van der Waals surface area contributed by atoms with E-state index in [4.69, 9.17) is 5.11 Å². The Bertz CT molecular complexity index is 539. The van der Waals surface area contributed by atoms with Crippen LogP contribution in [0.25, 0.3) is 0 Å². The molecule has 1 aromatic rings. The number of aryl methyl sites for hydroxylation is 1. The normalized spacial score (nSPS) is 15.1. The van der Waals surface area contributed by atoms with Gasteiger partial charge in [0.05, 0.1) is 6.42 Å². The minimum atomic E-state index is -4.57. The molecule has 0 unspecified atom stereocenters. The molecular formula is C11H12F3N3O3. The summed E-state index contributed by atoms with van der Waals surface area (Å²) in [6.07, 6.45) is -4.69. The maximum Gasteiger partial charge on any atom is 0.435 e. The predicted molar refractivity (Wildman–Crippen MR) is 61.1 cm³/mol. The van der Waals surface area contributed by atoms with Gasteiger partial charge in [-0.2, -0.15) is 18.3 Å². The lowest BCUT2D eigenvalue weighted by molar-refractivity contribution is -0.141. The molecule has 9 heteroatoms. The van der Waals surface area contributed by atoms with Crippen molar-refractivity contribution in [3.63, 3.8) is 0 Å². The Kier molecular flexibility index (Phi) is 3.69. The maximum atomic E-state index is 12.6. The lowest BCUT2D eigenvalue weighted by Gasteiger charge is -2.27. The Balaban J connectivity index is 2.21. The number of amides is 1. The molecule has 110 valence electrons. The van der Waals surface area contributed by atoms with Gasteiger partial charge in [-0.05, 0) is 6.42 Å². The van der Waals surface area contributed by atoms with Crippen LogP contribution >= 0.6 is 0 Å². The molecule has 0 aromatic carbocycles. The van der Waals surface area contributed by atoms with Crippen molar-refractivity contribution < 1.29 is 27.9 Å². The number of hydrogen-bond donors (Lipinski definition) is 1. The van der Waals surface area contributed by atoms with E-state index in [2.05, 4.69) is 5.10 Å². The molecule has 0 saturated carbocycles. The molecule has 1 aliphatic heterocycles. The number of aliphatic carboxylic acids is 1. The van der Waals surface area contributed by atoms with E-state index in [1.165, 1.54) is 0 Å². The summed E-state index contributed by atoms with van der Waals surface area (Å²) in [6, 6.07) is 0.817. The van der Waals surface area contributed by atoms with Crippen LogP contribution in [0.3, 0.4) is 0 Å². The number of carbonyl (C=O) groups excluding carboxylic acids is 1. The molecule has 2 rings (SSSR count). The van der Waals surface area contributed by atoms with Crippen LogP contribution in [-0.4, -0.2) is 33.3 Å². The summed E-state index contributed by atoms with van der Waals surface area (Å²) < 4.78 is 38.9. The molecular weight excluding hydrogens is 279 g/mol. The zero-order valence-corrected chi connectivity index (χ0v) is 10.4.